The fraction of sp³-hybridized carbons (Fsp3) is 0.273. The van der Waals surface area contributed by atoms with Gasteiger partial charge in [-0.2, -0.15) is 5.10 Å². The van der Waals surface area contributed by atoms with Crippen LogP contribution in [-0.2, 0) is 0 Å². The van der Waals surface area contributed by atoms with Crippen LogP contribution in [0.15, 0.2) is 18.2 Å². The number of aryl methyl sites for hydroxylation is 2. The van der Waals surface area contributed by atoms with Crippen LogP contribution in [-0.4, -0.2) is 21.9 Å². The van der Waals surface area contributed by atoms with E-state index in [0.29, 0.717) is 4.77 Å². The van der Waals surface area contributed by atoms with E-state index in [1.54, 1.807) is 7.11 Å². The highest BCUT2D eigenvalue weighted by Crippen LogP contribution is 2.24. The van der Waals surface area contributed by atoms with Crippen molar-refractivity contribution in [3.63, 3.8) is 0 Å². The molecule has 2 rings (SSSR count). The highest BCUT2D eigenvalue weighted by molar-refractivity contribution is 7.71. The van der Waals surface area contributed by atoms with Crippen molar-refractivity contribution in [2.24, 2.45) is 0 Å². The Morgan fingerprint density at radius 2 is 2.12 bits per heavy atom. The summed E-state index contributed by atoms with van der Waals surface area (Å²) in [6, 6.07) is 5.96. The molecule has 1 heterocycles. The van der Waals surface area contributed by atoms with Crippen molar-refractivity contribution in [1.82, 2.24) is 14.8 Å². The van der Waals surface area contributed by atoms with Crippen molar-refractivity contribution in [2.75, 3.05) is 7.11 Å². The molecule has 1 N–H and O–H groups in total. The van der Waals surface area contributed by atoms with Crippen molar-refractivity contribution in [3.05, 3.63) is 34.4 Å². The number of benzene rings is 1. The largest absolute Gasteiger partial charge is 0.495 e. The van der Waals surface area contributed by atoms with Gasteiger partial charge >= 0.3 is 0 Å². The van der Waals surface area contributed by atoms with Crippen LogP contribution in [0.25, 0.3) is 5.69 Å². The van der Waals surface area contributed by atoms with E-state index in [-0.39, 0.29) is 0 Å². The number of hydrogen-bond donors (Lipinski definition) is 1. The quantitative estimate of drug-likeness (QED) is 0.813. The molecule has 0 spiro atoms. The lowest BCUT2D eigenvalue weighted by Gasteiger charge is -2.10. The molecule has 0 aliphatic carbocycles. The summed E-state index contributed by atoms with van der Waals surface area (Å²) in [5.74, 6) is 1.60. The first-order valence-corrected chi connectivity index (χ1v) is 5.33. The lowest BCUT2D eigenvalue weighted by Crippen LogP contribution is -2.00. The summed E-state index contributed by atoms with van der Waals surface area (Å²) in [7, 11) is 1.65. The van der Waals surface area contributed by atoms with Crippen molar-refractivity contribution in [3.8, 4) is 11.4 Å². The fourth-order valence-electron chi connectivity index (χ4n) is 1.63. The molecule has 1 aromatic carbocycles. The molecule has 84 valence electrons. The van der Waals surface area contributed by atoms with Crippen LogP contribution >= 0.6 is 12.2 Å². The van der Waals surface area contributed by atoms with E-state index in [1.807, 2.05) is 36.6 Å². The number of H-pyrrole nitrogens is 1. The summed E-state index contributed by atoms with van der Waals surface area (Å²) in [6.45, 7) is 3.93. The summed E-state index contributed by atoms with van der Waals surface area (Å²) in [4.78, 5) is 0. The van der Waals surface area contributed by atoms with Gasteiger partial charge in [-0.15, -0.1) is 0 Å². The smallest absolute Gasteiger partial charge is 0.199 e. The van der Waals surface area contributed by atoms with Crippen LogP contribution in [0.1, 0.15) is 11.4 Å². The Balaban J connectivity index is 2.72. The summed E-state index contributed by atoms with van der Waals surface area (Å²) in [5, 5.41) is 6.85. The number of ether oxygens (including phenoxy) is 1. The SMILES string of the molecule is COc1ccc(C)cc1-n1c(C)n[nH]c1=S. The normalized spacial score (nSPS) is 10.4. The van der Waals surface area contributed by atoms with Crippen LogP contribution in [0.3, 0.4) is 0 Å². The minimum Gasteiger partial charge on any atom is -0.495 e. The van der Waals surface area contributed by atoms with Crippen molar-refractivity contribution >= 4 is 12.2 Å². The van der Waals surface area contributed by atoms with E-state index in [0.717, 1.165) is 22.8 Å². The Hall–Kier alpha value is -1.62. The van der Waals surface area contributed by atoms with Gasteiger partial charge in [0.1, 0.15) is 11.6 Å². The lowest BCUT2D eigenvalue weighted by molar-refractivity contribution is 0.412. The van der Waals surface area contributed by atoms with Gasteiger partial charge in [-0.3, -0.25) is 9.67 Å². The van der Waals surface area contributed by atoms with Gasteiger partial charge in [0.15, 0.2) is 4.77 Å². The Bertz CT molecular complexity index is 571. The molecule has 0 unspecified atom stereocenters. The number of rotatable bonds is 2. The van der Waals surface area contributed by atoms with Crippen LogP contribution in [0.5, 0.6) is 5.75 Å². The summed E-state index contributed by atoms with van der Waals surface area (Å²) >= 11 is 5.20. The Morgan fingerprint density at radius 1 is 1.38 bits per heavy atom. The van der Waals surface area contributed by atoms with Crippen molar-refractivity contribution in [2.45, 2.75) is 13.8 Å². The molecule has 0 fully saturated rings. The fourth-order valence-corrected chi connectivity index (χ4v) is 1.91. The molecule has 4 nitrogen and oxygen atoms in total. The molecule has 0 saturated heterocycles. The molecule has 16 heavy (non-hydrogen) atoms. The number of aromatic amines is 1. The number of nitrogens with zero attached hydrogens (tertiary/aromatic N) is 2. The molecule has 0 bridgehead atoms. The number of hydrogen-bond acceptors (Lipinski definition) is 3. The van der Waals surface area contributed by atoms with Crippen LogP contribution in [0.4, 0.5) is 0 Å². The second-order valence-electron chi connectivity index (χ2n) is 3.59. The minimum absolute atomic E-state index is 0.571. The molecule has 0 radical (unpaired) electrons. The Kier molecular flexibility index (Phi) is 2.78. The van der Waals surface area contributed by atoms with Gasteiger partial charge in [0.2, 0.25) is 0 Å². The van der Waals surface area contributed by atoms with E-state index < -0.39 is 0 Å². The second kappa shape index (κ2) is 4.09. The molecular formula is C11H13N3OS. The minimum atomic E-state index is 0.571. The molecule has 0 aliphatic rings. The highest BCUT2D eigenvalue weighted by Gasteiger charge is 2.09. The van der Waals surface area contributed by atoms with E-state index in [9.17, 15) is 0 Å². The monoisotopic (exact) mass is 235 g/mol. The maximum absolute atomic E-state index is 5.33. The highest BCUT2D eigenvalue weighted by atomic mass is 32.1. The van der Waals surface area contributed by atoms with Gasteiger partial charge in [0, 0.05) is 0 Å². The summed E-state index contributed by atoms with van der Waals surface area (Å²) < 4.78 is 7.76. The maximum atomic E-state index is 5.33. The summed E-state index contributed by atoms with van der Waals surface area (Å²) in [6.07, 6.45) is 0. The molecule has 0 aliphatic heterocycles. The third-order valence-electron chi connectivity index (χ3n) is 2.42. The van der Waals surface area contributed by atoms with E-state index >= 15 is 0 Å². The third kappa shape index (κ3) is 1.74. The zero-order chi connectivity index (χ0) is 11.7. The van der Waals surface area contributed by atoms with Gasteiger partial charge in [-0.1, -0.05) is 6.07 Å². The van der Waals surface area contributed by atoms with Crippen molar-refractivity contribution in [1.29, 1.82) is 0 Å². The molecular weight excluding hydrogens is 222 g/mol. The molecule has 0 atom stereocenters. The van der Waals surface area contributed by atoms with Gasteiger partial charge in [-0.05, 0) is 43.8 Å². The lowest BCUT2D eigenvalue weighted by atomic mass is 10.2. The van der Waals surface area contributed by atoms with Crippen LogP contribution in [0.2, 0.25) is 0 Å². The van der Waals surface area contributed by atoms with E-state index in [4.69, 9.17) is 17.0 Å². The first-order valence-electron chi connectivity index (χ1n) is 4.92. The van der Waals surface area contributed by atoms with E-state index in [1.165, 1.54) is 0 Å². The average molecular weight is 235 g/mol. The standard InChI is InChI=1S/C11H13N3OS/c1-7-4-5-10(15-3)9(6-7)14-8(2)12-13-11(14)16/h4-6H,1-3H3,(H,13,16). The van der Waals surface area contributed by atoms with Gasteiger partial charge in [0.25, 0.3) is 0 Å². The van der Waals surface area contributed by atoms with Gasteiger partial charge < -0.3 is 4.74 Å². The molecule has 0 amide bonds. The third-order valence-corrected chi connectivity index (χ3v) is 2.69. The first kappa shape index (κ1) is 10.9. The zero-order valence-corrected chi connectivity index (χ0v) is 10.3. The van der Waals surface area contributed by atoms with Crippen LogP contribution in [0, 0.1) is 18.6 Å². The number of nitrogens with one attached hydrogen (secondary N) is 1. The second-order valence-corrected chi connectivity index (χ2v) is 3.97. The van der Waals surface area contributed by atoms with Gasteiger partial charge in [-0.25, -0.2) is 0 Å². The Morgan fingerprint density at radius 3 is 2.69 bits per heavy atom. The topological polar surface area (TPSA) is 42.8 Å². The predicted octanol–water partition coefficient (Wildman–Crippen LogP) is 2.56. The molecule has 2 aromatic rings. The number of methoxy groups -OCH3 is 1. The molecule has 1 aromatic heterocycles. The number of aromatic nitrogens is 3. The molecule has 5 heteroatoms. The van der Waals surface area contributed by atoms with Gasteiger partial charge in [0.05, 0.1) is 12.8 Å². The van der Waals surface area contributed by atoms with Crippen LogP contribution < -0.4 is 4.74 Å². The predicted molar refractivity (Wildman–Crippen MR) is 64.8 cm³/mol. The molecule has 0 saturated carbocycles. The average Bonchev–Trinajstić information content (AvgIpc) is 2.58. The van der Waals surface area contributed by atoms with E-state index in [2.05, 4.69) is 10.2 Å². The maximum Gasteiger partial charge on any atom is 0.199 e. The summed E-state index contributed by atoms with van der Waals surface area (Å²) in [5.41, 5.74) is 2.07. The zero-order valence-electron chi connectivity index (χ0n) is 9.44. The Labute approximate surface area is 98.9 Å². The van der Waals surface area contributed by atoms with Crippen molar-refractivity contribution < 1.29 is 4.74 Å². The first-order chi connectivity index (χ1) is 7.63.